The summed E-state index contributed by atoms with van der Waals surface area (Å²) < 4.78 is 14.2. The molecule has 0 radical (unpaired) electrons. The summed E-state index contributed by atoms with van der Waals surface area (Å²) in [6.45, 7) is 7.35. The quantitative estimate of drug-likeness (QED) is 0.751. The van der Waals surface area contributed by atoms with Gasteiger partial charge in [0.05, 0.1) is 10.6 Å². The molecule has 0 spiro atoms. The Balaban J connectivity index is 1.39. The first-order valence-electron chi connectivity index (χ1n) is 10.3. The lowest BCUT2D eigenvalue weighted by Gasteiger charge is -2.44. The number of carbonyl (C=O) groups excluding carboxylic acids is 1. The summed E-state index contributed by atoms with van der Waals surface area (Å²) in [6.07, 6.45) is 2.00. The Bertz CT molecular complexity index is 862. The minimum Gasteiger partial charge on any atom is -0.369 e. The summed E-state index contributed by atoms with van der Waals surface area (Å²) in [5.74, 6) is -0.840. The fraction of sp³-hybridized carbons (Fsp3) is 0.435. The molecular formula is C23H27ClFN3O. The first kappa shape index (κ1) is 20.2. The van der Waals surface area contributed by atoms with Crippen LogP contribution >= 0.6 is 11.6 Å². The summed E-state index contributed by atoms with van der Waals surface area (Å²) in [4.78, 5) is 19.6. The molecule has 2 aromatic rings. The van der Waals surface area contributed by atoms with Crippen LogP contribution in [0.4, 0.5) is 10.1 Å². The number of halogens is 2. The van der Waals surface area contributed by atoms with E-state index in [9.17, 15) is 9.18 Å². The molecule has 154 valence electrons. The van der Waals surface area contributed by atoms with Crippen molar-refractivity contribution in [2.75, 3.05) is 44.2 Å². The summed E-state index contributed by atoms with van der Waals surface area (Å²) in [5, 5.41) is 0.184. The number of para-hydroxylation sites is 1. The number of carbonyl (C=O) groups is 1. The van der Waals surface area contributed by atoms with Crippen LogP contribution < -0.4 is 4.90 Å². The molecule has 0 aromatic heterocycles. The zero-order chi connectivity index (χ0) is 20.4. The van der Waals surface area contributed by atoms with Crippen molar-refractivity contribution in [1.29, 1.82) is 0 Å². The van der Waals surface area contributed by atoms with E-state index in [0.717, 1.165) is 39.0 Å². The van der Waals surface area contributed by atoms with Gasteiger partial charge in [0.25, 0.3) is 5.91 Å². The summed E-state index contributed by atoms with van der Waals surface area (Å²) >= 11 is 6.11. The van der Waals surface area contributed by atoms with E-state index < -0.39 is 5.82 Å². The molecule has 4 rings (SSSR count). The number of amides is 1. The third-order valence-electron chi connectivity index (χ3n) is 6.15. The van der Waals surface area contributed by atoms with Crippen LogP contribution in [0.15, 0.2) is 42.5 Å². The molecule has 0 N–H and O–H groups in total. The molecule has 2 aliphatic rings. The third kappa shape index (κ3) is 4.26. The molecule has 2 heterocycles. The van der Waals surface area contributed by atoms with Crippen molar-refractivity contribution in [3.8, 4) is 0 Å². The molecule has 29 heavy (non-hydrogen) atoms. The van der Waals surface area contributed by atoms with Crippen molar-refractivity contribution in [2.24, 2.45) is 0 Å². The number of hydrogen-bond donors (Lipinski definition) is 0. The average molecular weight is 416 g/mol. The number of anilines is 1. The van der Waals surface area contributed by atoms with Crippen molar-refractivity contribution in [3.05, 3.63) is 64.4 Å². The fourth-order valence-electron chi connectivity index (χ4n) is 4.54. The number of hydrogen-bond acceptors (Lipinski definition) is 3. The van der Waals surface area contributed by atoms with Crippen LogP contribution in [0.3, 0.4) is 0 Å². The van der Waals surface area contributed by atoms with Gasteiger partial charge in [0.2, 0.25) is 0 Å². The number of benzene rings is 2. The lowest BCUT2D eigenvalue weighted by atomic mass is 10.0. The van der Waals surface area contributed by atoms with Crippen LogP contribution in [0.2, 0.25) is 5.02 Å². The van der Waals surface area contributed by atoms with E-state index in [0.29, 0.717) is 19.1 Å². The van der Waals surface area contributed by atoms with Gasteiger partial charge in [-0.05, 0) is 43.5 Å². The van der Waals surface area contributed by atoms with Crippen LogP contribution in [-0.4, -0.2) is 61.0 Å². The maximum absolute atomic E-state index is 14.2. The van der Waals surface area contributed by atoms with Gasteiger partial charge in [-0.25, -0.2) is 4.39 Å². The highest BCUT2D eigenvalue weighted by Gasteiger charge is 2.32. The van der Waals surface area contributed by atoms with Crippen molar-refractivity contribution in [1.82, 2.24) is 9.80 Å². The molecule has 2 aromatic carbocycles. The lowest BCUT2D eigenvalue weighted by Crippen LogP contribution is -2.56. The second-order valence-corrected chi connectivity index (χ2v) is 8.36. The first-order chi connectivity index (χ1) is 14.0. The molecule has 0 unspecified atom stereocenters. The minimum absolute atomic E-state index is 0.000751. The SMILES string of the molecule is Cc1ccccc1N1CCN([C@@H]2CCCN(C(=O)c3c(F)cccc3Cl)C2)CC1. The Hall–Kier alpha value is -2.11. The Kier molecular flexibility index (Phi) is 6.07. The van der Waals surface area contributed by atoms with Crippen molar-refractivity contribution < 1.29 is 9.18 Å². The van der Waals surface area contributed by atoms with Gasteiger partial charge in [-0.15, -0.1) is 0 Å². The van der Waals surface area contributed by atoms with E-state index in [1.165, 1.54) is 23.4 Å². The van der Waals surface area contributed by atoms with Gasteiger partial charge in [0.1, 0.15) is 5.82 Å². The topological polar surface area (TPSA) is 26.8 Å². The van der Waals surface area contributed by atoms with Crippen LogP contribution in [0, 0.1) is 12.7 Å². The highest BCUT2D eigenvalue weighted by molar-refractivity contribution is 6.33. The molecule has 0 bridgehead atoms. The van der Waals surface area contributed by atoms with E-state index in [4.69, 9.17) is 11.6 Å². The van der Waals surface area contributed by atoms with Crippen LogP contribution in [0.1, 0.15) is 28.8 Å². The number of nitrogens with zero attached hydrogens (tertiary/aromatic N) is 3. The van der Waals surface area contributed by atoms with Gasteiger partial charge in [-0.1, -0.05) is 35.9 Å². The van der Waals surface area contributed by atoms with Gasteiger partial charge >= 0.3 is 0 Å². The zero-order valence-corrected chi connectivity index (χ0v) is 17.5. The first-order valence-corrected chi connectivity index (χ1v) is 10.7. The molecule has 0 saturated carbocycles. The summed E-state index contributed by atoms with van der Waals surface area (Å²) in [5.41, 5.74) is 2.61. The maximum atomic E-state index is 14.2. The molecule has 2 saturated heterocycles. The second kappa shape index (κ2) is 8.72. The Morgan fingerprint density at radius 2 is 1.79 bits per heavy atom. The van der Waals surface area contributed by atoms with Crippen LogP contribution in [-0.2, 0) is 0 Å². The smallest absolute Gasteiger partial charge is 0.258 e. The number of rotatable bonds is 3. The molecule has 1 atom stereocenters. The predicted molar refractivity (Wildman–Crippen MR) is 115 cm³/mol. The molecule has 6 heteroatoms. The molecule has 1 amide bonds. The van der Waals surface area contributed by atoms with Gasteiger partial charge in [0, 0.05) is 51.0 Å². The molecule has 0 aliphatic carbocycles. The minimum atomic E-state index is -0.545. The third-order valence-corrected chi connectivity index (χ3v) is 6.46. The van der Waals surface area contributed by atoms with Crippen molar-refractivity contribution >= 4 is 23.2 Å². The maximum Gasteiger partial charge on any atom is 0.258 e. The van der Waals surface area contributed by atoms with Crippen molar-refractivity contribution in [2.45, 2.75) is 25.8 Å². The van der Waals surface area contributed by atoms with Gasteiger partial charge < -0.3 is 9.80 Å². The molecule has 4 nitrogen and oxygen atoms in total. The van der Waals surface area contributed by atoms with Gasteiger partial charge in [-0.3, -0.25) is 9.69 Å². The summed E-state index contributed by atoms with van der Waals surface area (Å²) in [6, 6.07) is 13.2. The standard InChI is InChI=1S/C23H27ClFN3O/c1-17-6-2-3-10-21(17)27-14-12-26(13-15-27)18-7-5-11-28(16-18)23(29)22-19(24)8-4-9-20(22)25/h2-4,6,8-10,18H,5,7,11-16H2,1H3/t18-/m1/s1. The number of aryl methyl sites for hydroxylation is 1. The number of likely N-dealkylation sites (tertiary alicyclic amines) is 1. The van der Waals surface area contributed by atoms with Crippen LogP contribution in [0.5, 0.6) is 0 Å². The Morgan fingerprint density at radius 3 is 2.52 bits per heavy atom. The monoisotopic (exact) mass is 415 g/mol. The number of piperidine rings is 1. The highest BCUT2D eigenvalue weighted by atomic mass is 35.5. The zero-order valence-electron chi connectivity index (χ0n) is 16.8. The average Bonchev–Trinajstić information content (AvgIpc) is 2.74. The predicted octanol–water partition coefficient (Wildman–Crippen LogP) is 4.21. The van der Waals surface area contributed by atoms with Gasteiger partial charge in [0.15, 0.2) is 0 Å². The number of piperazine rings is 1. The largest absolute Gasteiger partial charge is 0.369 e. The van der Waals surface area contributed by atoms with E-state index >= 15 is 0 Å². The van der Waals surface area contributed by atoms with E-state index in [2.05, 4.69) is 41.0 Å². The second-order valence-electron chi connectivity index (χ2n) is 7.95. The Morgan fingerprint density at radius 1 is 1.03 bits per heavy atom. The molecular weight excluding hydrogens is 389 g/mol. The lowest BCUT2D eigenvalue weighted by molar-refractivity contribution is 0.0559. The Labute approximate surface area is 176 Å². The van der Waals surface area contributed by atoms with E-state index in [-0.39, 0.29) is 16.5 Å². The normalized spacial score (nSPS) is 20.7. The van der Waals surface area contributed by atoms with Crippen LogP contribution in [0.25, 0.3) is 0 Å². The fourth-order valence-corrected chi connectivity index (χ4v) is 4.79. The highest BCUT2D eigenvalue weighted by Crippen LogP contribution is 2.26. The van der Waals surface area contributed by atoms with Gasteiger partial charge in [-0.2, -0.15) is 0 Å². The van der Waals surface area contributed by atoms with Crippen molar-refractivity contribution in [3.63, 3.8) is 0 Å². The molecule has 2 aliphatic heterocycles. The van der Waals surface area contributed by atoms with E-state index in [1.54, 1.807) is 11.0 Å². The summed E-state index contributed by atoms with van der Waals surface area (Å²) in [7, 11) is 0. The molecule has 2 fully saturated rings. The van der Waals surface area contributed by atoms with E-state index in [1.807, 2.05) is 0 Å².